The number of carbonyl (C=O) groups is 11. The number of rotatable bonds is 23. The maximum absolute atomic E-state index is 15.4. The molecule has 11 amide bonds. The molecule has 0 bridgehead atoms. The first-order valence-corrected chi connectivity index (χ1v) is 34.8. The number of likely N-dealkylation sites (N-methyl/N-ethyl adjacent to an activating group) is 8. The molecule has 0 aromatic rings. The van der Waals surface area contributed by atoms with Crippen LogP contribution in [0.25, 0.3) is 0 Å². The molecule has 0 aromatic carbocycles. The van der Waals surface area contributed by atoms with Crippen LogP contribution >= 0.6 is 0 Å². The number of hydrogen-bond donors (Lipinski definition) is 6. The van der Waals surface area contributed by atoms with Crippen molar-refractivity contribution in [1.29, 1.82) is 0 Å². The minimum absolute atomic E-state index is 0.0552. The zero-order valence-electron chi connectivity index (χ0n) is 63.4. The van der Waals surface area contributed by atoms with Crippen molar-refractivity contribution in [3.8, 4) is 0 Å². The van der Waals surface area contributed by atoms with Crippen molar-refractivity contribution in [2.75, 3.05) is 82.2 Å². The van der Waals surface area contributed by atoms with E-state index in [1.165, 1.54) is 96.6 Å². The number of nitrogens with zero attached hydrogens (tertiary/aromatic N) is 8. The molecule has 6 N–H and O–H groups in total. The minimum atomic E-state index is -1.68. The summed E-state index contributed by atoms with van der Waals surface area (Å²) in [5.74, 6) is -10.3. The normalized spacial score (nSPS) is 26.2. The van der Waals surface area contributed by atoms with E-state index in [0.29, 0.717) is 26.1 Å². The summed E-state index contributed by atoms with van der Waals surface area (Å²) in [7, 11) is 9.77. The number of nitrogens with one attached hydrogen (secondary N) is 4. The van der Waals surface area contributed by atoms with E-state index in [0.717, 1.165) is 14.7 Å². The summed E-state index contributed by atoms with van der Waals surface area (Å²) < 4.78 is 6.18. The molecule has 1 aliphatic heterocycles. The molecule has 1 fully saturated rings. The Morgan fingerprint density at radius 1 is 0.521 bits per heavy atom. The van der Waals surface area contributed by atoms with Gasteiger partial charge in [0.15, 0.2) is 0 Å². The van der Waals surface area contributed by atoms with E-state index >= 15 is 28.8 Å². The highest BCUT2D eigenvalue weighted by Gasteiger charge is 2.47. The third-order valence-electron chi connectivity index (χ3n) is 18.4. The minimum Gasteiger partial charge on any atom is -0.390 e. The molecule has 96 heavy (non-hydrogen) atoms. The Morgan fingerprint density at radius 2 is 0.990 bits per heavy atom. The smallest absolute Gasteiger partial charge is 0.248 e. The molecule has 0 radical (unpaired) electrons. The van der Waals surface area contributed by atoms with Crippen molar-refractivity contribution in [3.05, 3.63) is 12.2 Å². The topological polar surface area (TPSA) is 312 Å². The van der Waals surface area contributed by atoms with Gasteiger partial charge in [-0.3, -0.25) is 52.7 Å². The molecule has 26 heteroatoms. The van der Waals surface area contributed by atoms with Gasteiger partial charge in [0, 0.05) is 62.3 Å². The molecular formula is C70H128N12O14. The SMILES string of the molecule is C/C=C/C[C@@H](C)[C@@H](O)[C@H]1C(=O)N[C@H](CC)C(=O)N(C)[C@H](COCCN(CC)CC)C(=O)N(C)[C@@H](CC(C)(C)O)C(=O)N[C@H](C(C)C)C(=O)N(C)[C@H](CC(C)C)C(=O)N[C@H](C)C(=O)N[C@@H](C)C(=O)N(C)[C@@H](CC(C)C)C(=O)N(C)[C@H](CCC(C)C)C(=O)N(C)[C@H](C(C)C)C(=O)N1C. The van der Waals surface area contributed by atoms with E-state index in [9.17, 15) is 34.2 Å². The van der Waals surface area contributed by atoms with Gasteiger partial charge in [-0.1, -0.05) is 109 Å². The highest BCUT2D eigenvalue weighted by molar-refractivity contribution is 6.00. The van der Waals surface area contributed by atoms with Crippen LogP contribution in [0, 0.1) is 35.5 Å². The summed E-state index contributed by atoms with van der Waals surface area (Å²) in [4.78, 5) is 175. The van der Waals surface area contributed by atoms with Crippen molar-refractivity contribution in [3.63, 3.8) is 0 Å². The number of aliphatic hydroxyl groups is 2. The number of aliphatic hydroxyl groups excluding tert-OH is 1. The van der Waals surface area contributed by atoms with E-state index in [1.807, 2.05) is 55.4 Å². The third-order valence-corrected chi connectivity index (χ3v) is 18.4. The Balaban J connectivity index is 4.61. The first-order valence-electron chi connectivity index (χ1n) is 34.8. The molecule has 0 aliphatic carbocycles. The van der Waals surface area contributed by atoms with Crippen LogP contribution in [0.15, 0.2) is 12.2 Å². The molecule has 552 valence electrons. The van der Waals surface area contributed by atoms with Gasteiger partial charge >= 0.3 is 0 Å². The van der Waals surface area contributed by atoms with Gasteiger partial charge in [0.2, 0.25) is 65.0 Å². The Hall–Kier alpha value is -6.25. The Labute approximate surface area is 575 Å². The van der Waals surface area contributed by atoms with Crippen LogP contribution in [-0.2, 0) is 57.5 Å². The number of carbonyl (C=O) groups excluding carboxylic acids is 11. The van der Waals surface area contributed by atoms with Crippen molar-refractivity contribution in [2.45, 2.75) is 255 Å². The monoisotopic (exact) mass is 1360 g/mol. The van der Waals surface area contributed by atoms with Crippen LogP contribution < -0.4 is 21.3 Å². The lowest BCUT2D eigenvalue weighted by atomic mass is 9.91. The standard InChI is InChI=1S/C70H128N12O14/c1-27-31-32-46(15)58(83)57-62(87)73-49(28-2)64(89)79(24)54(40-96-36-35-82(29-3)30-4)67(92)78(23)53(39-70(18,19)95)61(86)74-55(44(11)12)68(93)76(21)51(37-42(7)8)60(85)71-47(16)59(84)72-48(17)63(88)77(22)52(38-43(9)10)66(91)75(20)50(34-33-41(5)6)65(90)80(25)56(45(13)14)69(94)81(57)26/h27,31,41-58,83,95H,28-30,32-40H2,1-26H3,(H,71,85)(H,72,84)(H,73,87)(H,74,86)/b31-27+/t46-,47-,48+,49-,50-,51-,52+,53+,54-,55-,56-,57+,58-/m1/s1. The summed E-state index contributed by atoms with van der Waals surface area (Å²) in [6.45, 7) is 34.6. The lowest BCUT2D eigenvalue weighted by Crippen LogP contribution is -2.64. The molecule has 0 saturated carbocycles. The maximum Gasteiger partial charge on any atom is 0.248 e. The van der Waals surface area contributed by atoms with Crippen LogP contribution in [0.2, 0.25) is 0 Å². The number of allylic oxidation sites excluding steroid dienone is 2. The van der Waals surface area contributed by atoms with E-state index in [2.05, 4.69) is 26.2 Å². The second-order valence-electron chi connectivity index (χ2n) is 29.1. The molecule has 0 unspecified atom stereocenters. The lowest BCUT2D eigenvalue weighted by Gasteiger charge is -2.41. The first-order chi connectivity index (χ1) is 44.4. The van der Waals surface area contributed by atoms with Gasteiger partial charge in [-0.25, -0.2) is 0 Å². The van der Waals surface area contributed by atoms with Crippen LogP contribution in [-0.4, -0.2) is 275 Å². The van der Waals surface area contributed by atoms with Gasteiger partial charge in [-0.15, -0.1) is 0 Å². The predicted molar refractivity (Wildman–Crippen MR) is 372 cm³/mol. The second kappa shape index (κ2) is 40.6. The largest absolute Gasteiger partial charge is 0.390 e. The quantitative estimate of drug-likeness (QED) is 0.0630. The van der Waals surface area contributed by atoms with Crippen LogP contribution in [0.1, 0.15) is 176 Å². The Morgan fingerprint density at radius 3 is 1.48 bits per heavy atom. The molecular weight excluding hydrogens is 1230 g/mol. The fraction of sp³-hybridized carbons (Fsp3) is 0.814. The highest BCUT2D eigenvalue weighted by atomic mass is 16.5. The summed E-state index contributed by atoms with van der Waals surface area (Å²) in [6, 6.07) is -14.7. The molecule has 1 aliphatic rings. The number of hydrogen-bond acceptors (Lipinski definition) is 15. The molecule has 1 saturated heterocycles. The lowest BCUT2D eigenvalue weighted by molar-refractivity contribution is -0.157. The van der Waals surface area contributed by atoms with Crippen molar-refractivity contribution in [1.82, 2.24) is 60.5 Å². The molecule has 1 heterocycles. The molecule has 0 aromatic heterocycles. The summed E-state index contributed by atoms with van der Waals surface area (Å²) in [5.41, 5.74) is -1.61. The second-order valence-corrected chi connectivity index (χ2v) is 29.1. The van der Waals surface area contributed by atoms with E-state index in [-0.39, 0.29) is 62.9 Å². The van der Waals surface area contributed by atoms with E-state index in [1.54, 1.807) is 60.6 Å². The van der Waals surface area contributed by atoms with Crippen LogP contribution in [0.4, 0.5) is 0 Å². The van der Waals surface area contributed by atoms with Gasteiger partial charge in [0.25, 0.3) is 0 Å². The van der Waals surface area contributed by atoms with Crippen molar-refractivity contribution in [2.24, 2.45) is 35.5 Å². The van der Waals surface area contributed by atoms with Crippen molar-refractivity contribution < 1.29 is 67.7 Å². The van der Waals surface area contributed by atoms with E-state index < -0.39 is 168 Å². The van der Waals surface area contributed by atoms with E-state index in [4.69, 9.17) is 4.74 Å². The predicted octanol–water partition coefficient (Wildman–Crippen LogP) is 3.50. The van der Waals surface area contributed by atoms with Gasteiger partial charge in [-0.2, -0.15) is 0 Å². The van der Waals surface area contributed by atoms with Gasteiger partial charge in [0.1, 0.15) is 66.5 Å². The fourth-order valence-electron chi connectivity index (χ4n) is 12.0. The zero-order chi connectivity index (χ0) is 74.3. The molecule has 0 spiro atoms. The number of ether oxygens (including phenoxy) is 1. The average molecular weight is 1360 g/mol. The van der Waals surface area contributed by atoms with Gasteiger partial charge < -0.3 is 75.4 Å². The summed E-state index contributed by atoms with van der Waals surface area (Å²) in [5, 5.41) is 34.7. The maximum atomic E-state index is 15.4. The molecule has 13 atom stereocenters. The van der Waals surface area contributed by atoms with Gasteiger partial charge in [-0.05, 0) is 122 Å². The summed E-state index contributed by atoms with van der Waals surface area (Å²) >= 11 is 0. The summed E-state index contributed by atoms with van der Waals surface area (Å²) in [6.07, 6.45) is 2.73. The fourth-order valence-corrected chi connectivity index (χ4v) is 12.0. The average Bonchev–Trinajstić information content (AvgIpc) is 0.813. The highest BCUT2D eigenvalue weighted by Crippen LogP contribution is 2.26. The van der Waals surface area contributed by atoms with Gasteiger partial charge in [0.05, 0.1) is 24.9 Å². The first kappa shape index (κ1) is 87.8. The Kier molecular flexibility index (Phi) is 37.1. The third kappa shape index (κ3) is 25.6. The van der Waals surface area contributed by atoms with Crippen LogP contribution in [0.3, 0.4) is 0 Å². The zero-order valence-corrected chi connectivity index (χ0v) is 63.4. The van der Waals surface area contributed by atoms with Crippen LogP contribution in [0.5, 0.6) is 0 Å². The molecule has 26 nitrogen and oxygen atoms in total. The van der Waals surface area contributed by atoms with Crippen molar-refractivity contribution >= 4 is 65.0 Å². The Bertz CT molecular complexity index is 2590. The number of amides is 11. The molecule has 1 rings (SSSR count).